The van der Waals surface area contributed by atoms with Crippen molar-refractivity contribution in [1.82, 2.24) is 14.7 Å². The van der Waals surface area contributed by atoms with Gasteiger partial charge in [0, 0.05) is 55.3 Å². The molecule has 48 heavy (non-hydrogen) atoms. The lowest BCUT2D eigenvalue weighted by Gasteiger charge is -2.36. The number of unbranched alkanes of at least 4 members (excludes halogenated alkanes) is 2. The molecule has 1 aliphatic rings. The van der Waals surface area contributed by atoms with Gasteiger partial charge in [-0.1, -0.05) is 78.6 Å². The van der Waals surface area contributed by atoms with Crippen molar-refractivity contribution in [2.24, 2.45) is 0 Å². The molecule has 0 spiro atoms. The quantitative estimate of drug-likeness (QED) is 0.172. The Morgan fingerprint density at radius 3 is 1.73 bits per heavy atom. The maximum Gasteiger partial charge on any atom is 0.253 e. The number of hydrogen-bond donors (Lipinski definition) is 0. The number of carbonyl (C=O) groups is 1. The van der Waals surface area contributed by atoms with Gasteiger partial charge in [-0.2, -0.15) is 0 Å². The normalized spacial score (nSPS) is 14.6. The third-order valence-electron chi connectivity index (χ3n) is 9.41. The predicted molar refractivity (Wildman–Crippen MR) is 193 cm³/mol. The average molecular weight is 662 g/mol. The van der Waals surface area contributed by atoms with Crippen LogP contribution >= 0.6 is 0 Å². The van der Waals surface area contributed by atoms with E-state index in [1.54, 1.807) is 0 Å². The van der Waals surface area contributed by atoms with Gasteiger partial charge in [-0.15, -0.1) is 0 Å². The van der Waals surface area contributed by atoms with E-state index in [0.29, 0.717) is 19.7 Å². The molecule has 262 valence electrons. The lowest BCUT2D eigenvalue weighted by Crippen LogP contribution is -2.48. The minimum Gasteiger partial charge on any atom is -0.492 e. The first-order valence-electron chi connectivity index (χ1n) is 17.6. The number of benzene rings is 3. The highest BCUT2D eigenvalue weighted by molar-refractivity contribution is 5.95. The standard InChI is InChI=1S/C41H57F2N3O2/c1-40(2,3)36-28-32(29-37(41(4,5)6)38(36)48-27-26-44(7)8)39(47)46-24-22-45(23-25-46)21-11-9-10-12-35(30-13-17-33(42)18-14-30)31-15-19-34(43)20-16-31/h13-20,28-29,35H,9-12,21-27H2,1-8H3. The van der Waals surface area contributed by atoms with Crippen LogP contribution in [0, 0.1) is 11.6 Å². The molecule has 1 aliphatic heterocycles. The first kappa shape index (κ1) is 37.5. The Balaban J connectivity index is 1.33. The van der Waals surface area contributed by atoms with Crippen LogP contribution in [0.3, 0.4) is 0 Å². The number of nitrogens with zero attached hydrogens (tertiary/aromatic N) is 3. The topological polar surface area (TPSA) is 36.0 Å². The van der Waals surface area contributed by atoms with Crippen LogP contribution in [0.2, 0.25) is 0 Å². The Bertz CT molecular complexity index is 1390. The lowest BCUT2D eigenvalue weighted by atomic mass is 9.78. The highest BCUT2D eigenvalue weighted by atomic mass is 19.1. The minimum absolute atomic E-state index is 0.0955. The van der Waals surface area contributed by atoms with Gasteiger partial charge in [-0.25, -0.2) is 8.78 Å². The van der Waals surface area contributed by atoms with Crippen LogP contribution in [-0.2, 0) is 10.8 Å². The summed E-state index contributed by atoms with van der Waals surface area (Å²) in [5.74, 6) is 0.623. The Labute approximate surface area is 288 Å². The van der Waals surface area contributed by atoms with Gasteiger partial charge in [0.25, 0.3) is 5.91 Å². The molecule has 0 unspecified atom stereocenters. The molecule has 0 radical (unpaired) electrons. The highest BCUT2D eigenvalue weighted by Gasteiger charge is 2.31. The van der Waals surface area contributed by atoms with Gasteiger partial charge in [0.1, 0.15) is 24.0 Å². The summed E-state index contributed by atoms with van der Waals surface area (Å²) >= 11 is 0. The molecule has 5 nitrogen and oxygen atoms in total. The summed E-state index contributed by atoms with van der Waals surface area (Å²) in [4.78, 5) is 20.5. The fourth-order valence-corrected chi connectivity index (χ4v) is 6.49. The van der Waals surface area contributed by atoms with Gasteiger partial charge in [0.15, 0.2) is 0 Å². The molecule has 1 fully saturated rings. The number of likely N-dealkylation sites (N-methyl/N-ethyl adjacent to an activating group) is 1. The zero-order chi connectivity index (χ0) is 35.1. The van der Waals surface area contributed by atoms with E-state index in [4.69, 9.17) is 4.74 Å². The van der Waals surface area contributed by atoms with E-state index in [2.05, 4.69) is 63.5 Å². The first-order valence-corrected chi connectivity index (χ1v) is 17.6. The molecular weight excluding hydrogens is 604 g/mol. The average Bonchev–Trinajstić information content (AvgIpc) is 3.02. The van der Waals surface area contributed by atoms with E-state index in [9.17, 15) is 13.6 Å². The minimum atomic E-state index is -0.249. The molecule has 0 aliphatic carbocycles. The van der Waals surface area contributed by atoms with E-state index in [0.717, 1.165) is 85.4 Å². The zero-order valence-electron chi connectivity index (χ0n) is 30.5. The molecular formula is C41H57F2N3O2. The van der Waals surface area contributed by atoms with Crippen LogP contribution in [0.15, 0.2) is 60.7 Å². The second-order valence-electron chi connectivity index (χ2n) is 15.7. The van der Waals surface area contributed by atoms with Crippen LogP contribution in [-0.4, -0.2) is 80.6 Å². The van der Waals surface area contributed by atoms with Gasteiger partial charge in [0.05, 0.1) is 0 Å². The van der Waals surface area contributed by atoms with Crippen molar-refractivity contribution in [3.8, 4) is 5.75 Å². The molecule has 7 heteroatoms. The molecule has 1 heterocycles. The van der Waals surface area contributed by atoms with Gasteiger partial charge < -0.3 is 14.5 Å². The monoisotopic (exact) mass is 661 g/mol. The number of rotatable bonds is 13. The Kier molecular flexibility index (Phi) is 12.8. The number of halogens is 2. The van der Waals surface area contributed by atoms with Crippen LogP contribution in [0.1, 0.15) is 106 Å². The second-order valence-corrected chi connectivity index (χ2v) is 15.7. The summed E-state index contributed by atoms with van der Waals surface area (Å²) in [6.07, 6.45) is 4.10. The van der Waals surface area contributed by atoms with Crippen molar-refractivity contribution in [3.63, 3.8) is 0 Å². The largest absolute Gasteiger partial charge is 0.492 e. The zero-order valence-corrected chi connectivity index (χ0v) is 30.5. The van der Waals surface area contributed by atoms with E-state index in [1.807, 2.05) is 43.3 Å². The molecule has 0 atom stereocenters. The number of amides is 1. The SMILES string of the molecule is CN(C)CCOc1c(C(C)(C)C)cc(C(=O)N2CCN(CCCCCC(c3ccc(F)cc3)c3ccc(F)cc3)CC2)cc1C(C)(C)C. The Morgan fingerprint density at radius 1 is 0.771 bits per heavy atom. The summed E-state index contributed by atoms with van der Waals surface area (Å²) in [7, 11) is 4.09. The predicted octanol–water partition coefficient (Wildman–Crippen LogP) is 8.65. The lowest BCUT2D eigenvalue weighted by molar-refractivity contribution is 0.0634. The summed E-state index contributed by atoms with van der Waals surface area (Å²) in [5, 5.41) is 0. The molecule has 0 bridgehead atoms. The molecule has 4 rings (SSSR count). The summed E-state index contributed by atoms with van der Waals surface area (Å²) < 4.78 is 33.6. The van der Waals surface area contributed by atoms with Gasteiger partial charge in [-0.3, -0.25) is 9.69 Å². The van der Waals surface area contributed by atoms with E-state index < -0.39 is 0 Å². The molecule has 0 aromatic heterocycles. The fraction of sp³-hybridized carbons (Fsp3) is 0.537. The molecule has 0 saturated carbocycles. The first-order chi connectivity index (χ1) is 22.6. The van der Waals surface area contributed by atoms with Crippen molar-refractivity contribution in [3.05, 3.63) is 100 Å². The molecule has 1 amide bonds. The maximum atomic E-state index is 13.9. The number of carbonyl (C=O) groups excluding carboxylic acids is 1. The Hall–Kier alpha value is -3.29. The van der Waals surface area contributed by atoms with Crippen molar-refractivity contribution < 1.29 is 18.3 Å². The van der Waals surface area contributed by atoms with Crippen LogP contribution < -0.4 is 4.74 Å². The summed E-state index contributed by atoms with van der Waals surface area (Å²) in [5.41, 5.74) is 4.66. The second kappa shape index (κ2) is 16.4. The summed E-state index contributed by atoms with van der Waals surface area (Å²) in [6.45, 7) is 18.7. The fourth-order valence-electron chi connectivity index (χ4n) is 6.49. The molecule has 3 aromatic rings. The highest BCUT2D eigenvalue weighted by Crippen LogP contribution is 2.41. The number of ether oxygens (including phenoxy) is 1. The number of piperazine rings is 1. The van der Waals surface area contributed by atoms with Crippen molar-refractivity contribution in [2.75, 3.05) is 60.0 Å². The van der Waals surface area contributed by atoms with Gasteiger partial charge >= 0.3 is 0 Å². The maximum absolute atomic E-state index is 13.9. The smallest absolute Gasteiger partial charge is 0.253 e. The van der Waals surface area contributed by atoms with Crippen molar-refractivity contribution in [2.45, 2.75) is 84.0 Å². The van der Waals surface area contributed by atoms with Crippen LogP contribution in [0.4, 0.5) is 8.78 Å². The molecule has 1 saturated heterocycles. The third-order valence-corrected chi connectivity index (χ3v) is 9.41. The third kappa shape index (κ3) is 10.4. The van der Waals surface area contributed by atoms with Crippen LogP contribution in [0.25, 0.3) is 0 Å². The van der Waals surface area contributed by atoms with E-state index >= 15 is 0 Å². The van der Waals surface area contributed by atoms with Crippen LogP contribution in [0.5, 0.6) is 5.75 Å². The van der Waals surface area contributed by atoms with E-state index in [1.165, 1.54) is 24.3 Å². The van der Waals surface area contributed by atoms with Gasteiger partial charge in [0.2, 0.25) is 0 Å². The molecule has 3 aromatic carbocycles. The number of hydrogen-bond acceptors (Lipinski definition) is 4. The van der Waals surface area contributed by atoms with Crippen molar-refractivity contribution in [1.29, 1.82) is 0 Å². The van der Waals surface area contributed by atoms with E-state index in [-0.39, 0.29) is 34.3 Å². The molecule has 0 N–H and O–H groups in total. The summed E-state index contributed by atoms with van der Waals surface area (Å²) in [6, 6.07) is 17.5. The Morgan fingerprint density at radius 2 is 1.27 bits per heavy atom. The van der Waals surface area contributed by atoms with Crippen molar-refractivity contribution >= 4 is 5.91 Å². The van der Waals surface area contributed by atoms with Gasteiger partial charge in [-0.05, 0) is 91.8 Å².